The molecule has 0 unspecified atom stereocenters. The van der Waals surface area contributed by atoms with E-state index in [1.165, 1.54) is 22.3 Å². The van der Waals surface area contributed by atoms with E-state index in [0.29, 0.717) is 11.8 Å². The van der Waals surface area contributed by atoms with Crippen LogP contribution in [0.2, 0.25) is 0 Å². The second-order valence-corrected chi connectivity index (χ2v) is 5.23. The number of hydrogen-bond acceptors (Lipinski definition) is 2. The topological polar surface area (TPSA) is 26.0 Å². The zero-order valence-corrected chi connectivity index (χ0v) is 12.0. The molecule has 2 nitrogen and oxygen atoms in total. The van der Waals surface area contributed by atoms with E-state index in [9.17, 15) is 0 Å². The van der Waals surface area contributed by atoms with Crippen LogP contribution in [0.25, 0.3) is 22.8 Å². The summed E-state index contributed by atoms with van der Waals surface area (Å²) in [7, 11) is 0. The molecule has 21 heavy (non-hydrogen) atoms. The third-order valence-corrected chi connectivity index (χ3v) is 3.97. The highest BCUT2D eigenvalue weighted by atomic mass is 35.5. The Kier molecular flexibility index (Phi) is 2.90. The third-order valence-electron chi connectivity index (χ3n) is 3.70. The van der Waals surface area contributed by atoms with E-state index in [-0.39, 0.29) is 0 Å². The summed E-state index contributed by atoms with van der Waals surface area (Å²) in [4.78, 5) is 4.36. The van der Waals surface area contributed by atoms with Gasteiger partial charge in [0.25, 0.3) is 0 Å². The van der Waals surface area contributed by atoms with Crippen LogP contribution < -0.4 is 0 Å². The normalized spacial score (nSPS) is 12.1. The molecule has 1 aliphatic rings. The Morgan fingerprint density at radius 2 is 1.48 bits per heavy atom. The van der Waals surface area contributed by atoms with Gasteiger partial charge in [-0.3, -0.25) is 0 Å². The number of alkyl halides is 1. The van der Waals surface area contributed by atoms with Gasteiger partial charge < -0.3 is 4.42 Å². The second-order valence-electron chi connectivity index (χ2n) is 4.96. The van der Waals surface area contributed by atoms with Gasteiger partial charge in [0.05, 0.1) is 11.6 Å². The fourth-order valence-corrected chi connectivity index (χ4v) is 2.90. The third kappa shape index (κ3) is 1.99. The average Bonchev–Trinajstić information content (AvgIpc) is 3.12. The van der Waals surface area contributed by atoms with Gasteiger partial charge in [0.1, 0.15) is 6.26 Å². The Hall–Kier alpha value is -2.32. The molecule has 0 saturated heterocycles. The van der Waals surface area contributed by atoms with Crippen LogP contribution in [0.1, 0.15) is 22.7 Å². The van der Waals surface area contributed by atoms with Crippen LogP contribution in [-0.4, -0.2) is 4.98 Å². The number of nitrogens with zero attached hydrogens (tertiary/aromatic N) is 1. The molecule has 0 N–H and O–H groups in total. The molecule has 1 heterocycles. The molecule has 102 valence electrons. The maximum absolute atomic E-state index is 5.78. The summed E-state index contributed by atoms with van der Waals surface area (Å²) in [5, 5.41) is 0. The van der Waals surface area contributed by atoms with E-state index < -0.39 is 0 Å². The number of rotatable bonds is 2. The molecular weight excluding hydrogens is 282 g/mol. The molecule has 0 saturated carbocycles. The van der Waals surface area contributed by atoms with E-state index in [1.54, 1.807) is 6.26 Å². The summed E-state index contributed by atoms with van der Waals surface area (Å²) in [5.74, 6) is 0.951. The highest BCUT2D eigenvalue weighted by Gasteiger charge is 2.22. The number of halogens is 1. The average molecular weight is 294 g/mol. The van der Waals surface area contributed by atoms with Crippen molar-refractivity contribution in [2.24, 2.45) is 0 Å². The smallest absolute Gasteiger partial charge is 0.219 e. The fraction of sp³-hybridized carbons (Fsp3) is 0.0556. The minimum Gasteiger partial charge on any atom is -0.445 e. The number of aromatic nitrogens is 1. The second kappa shape index (κ2) is 4.90. The van der Waals surface area contributed by atoms with Crippen molar-refractivity contribution in [3.05, 3.63) is 77.5 Å². The first-order valence-corrected chi connectivity index (χ1v) is 7.31. The Labute approximate surface area is 127 Å². The molecule has 0 bridgehead atoms. The fourth-order valence-electron chi connectivity index (χ4n) is 2.78. The Morgan fingerprint density at radius 3 is 2.00 bits per heavy atom. The zero-order valence-electron chi connectivity index (χ0n) is 11.2. The lowest BCUT2D eigenvalue weighted by atomic mass is 10.0. The molecule has 2 aromatic carbocycles. The van der Waals surface area contributed by atoms with Crippen LogP contribution in [0.15, 0.2) is 59.2 Å². The van der Waals surface area contributed by atoms with Gasteiger partial charge in [0.15, 0.2) is 0 Å². The van der Waals surface area contributed by atoms with Gasteiger partial charge in [-0.05, 0) is 27.8 Å². The highest BCUT2D eigenvalue weighted by Crippen LogP contribution is 2.44. The Morgan fingerprint density at radius 1 is 0.905 bits per heavy atom. The predicted octanol–water partition coefficient (Wildman–Crippen LogP) is 4.98. The van der Waals surface area contributed by atoms with Gasteiger partial charge in [-0.2, -0.15) is 0 Å². The predicted molar refractivity (Wildman–Crippen MR) is 84.9 cm³/mol. The lowest BCUT2D eigenvalue weighted by Gasteiger charge is -2.00. The summed E-state index contributed by atoms with van der Waals surface area (Å²) in [6, 6.07) is 16.8. The SMILES string of the molecule is ClCc1coc(C=C2c3ccccc3-c3ccccc32)n1. The van der Waals surface area contributed by atoms with Gasteiger partial charge in [-0.1, -0.05) is 48.5 Å². The largest absolute Gasteiger partial charge is 0.445 e. The maximum atomic E-state index is 5.78. The number of oxazole rings is 1. The molecule has 3 aromatic rings. The number of hydrogen-bond donors (Lipinski definition) is 0. The van der Waals surface area contributed by atoms with Crippen LogP contribution in [0.4, 0.5) is 0 Å². The van der Waals surface area contributed by atoms with Crippen molar-refractivity contribution < 1.29 is 4.42 Å². The van der Waals surface area contributed by atoms with Crippen LogP contribution in [0.3, 0.4) is 0 Å². The van der Waals surface area contributed by atoms with Crippen molar-refractivity contribution in [2.45, 2.75) is 5.88 Å². The van der Waals surface area contributed by atoms with Gasteiger partial charge in [-0.15, -0.1) is 11.6 Å². The molecule has 4 rings (SSSR count). The van der Waals surface area contributed by atoms with Crippen molar-refractivity contribution in [1.29, 1.82) is 0 Å². The molecule has 0 aliphatic heterocycles. The molecule has 0 fully saturated rings. The van der Waals surface area contributed by atoms with E-state index in [1.807, 2.05) is 6.08 Å². The van der Waals surface area contributed by atoms with Crippen LogP contribution in [-0.2, 0) is 5.88 Å². The summed E-state index contributed by atoms with van der Waals surface area (Å²) < 4.78 is 5.48. The van der Waals surface area contributed by atoms with Crippen LogP contribution in [0, 0.1) is 0 Å². The van der Waals surface area contributed by atoms with Crippen molar-refractivity contribution >= 4 is 23.3 Å². The first kappa shape index (κ1) is 12.4. The molecule has 0 atom stereocenters. The molecule has 0 radical (unpaired) electrons. The lowest BCUT2D eigenvalue weighted by molar-refractivity contribution is 0.546. The first-order valence-electron chi connectivity index (χ1n) is 6.78. The van der Waals surface area contributed by atoms with Crippen molar-refractivity contribution in [3.8, 4) is 11.1 Å². The quantitative estimate of drug-likeness (QED) is 0.487. The Balaban J connectivity index is 1.92. The van der Waals surface area contributed by atoms with E-state index >= 15 is 0 Å². The lowest BCUT2D eigenvalue weighted by Crippen LogP contribution is -1.83. The minimum atomic E-state index is 0.361. The Bertz CT molecular complexity index is 800. The first-order chi connectivity index (χ1) is 10.4. The van der Waals surface area contributed by atoms with Crippen molar-refractivity contribution in [3.63, 3.8) is 0 Å². The molecule has 1 aromatic heterocycles. The standard InChI is InChI=1S/C18H12ClNO/c19-10-12-11-21-18(20-12)9-17-15-7-3-1-5-13(15)14-6-2-4-8-16(14)17/h1-9,11H,10H2. The van der Waals surface area contributed by atoms with Crippen molar-refractivity contribution in [2.75, 3.05) is 0 Å². The number of benzene rings is 2. The minimum absolute atomic E-state index is 0.361. The number of fused-ring (bicyclic) bond motifs is 3. The van der Waals surface area contributed by atoms with Crippen molar-refractivity contribution in [1.82, 2.24) is 4.98 Å². The van der Waals surface area contributed by atoms with Gasteiger partial charge in [-0.25, -0.2) is 4.98 Å². The summed E-state index contributed by atoms with van der Waals surface area (Å²) in [5.41, 5.74) is 6.83. The summed E-state index contributed by atoms with van der Waals surface area (Å²) in [6.07, 6.45) is 3.59. The van der Waals surface area contributed by atoms with E-state index in [2.05, 4.69) is 53.5 Å². The summed E-state index contributed by atoms with van der Waals surface area (Å²) in [6.45, 7) is 0. The zero-order chi connectivity index (χ0) is 14.2. The summed E-state index contributed by atoms with van der Waals surface area (Å²) >= 11 is 5.78. The van der Waals surface area contributed by atoms with Crippen LogP contribution in [0.5, 0.6) is 0 Å². The molecule has 0 spiro atoms. The monoisotopic (exact) mass is 293 g/mol. The van der Waals surface area contributed by atoms with Gasteiger partial charge in [0.2, 0.25) is 5.89 Å². The van der Waals surface area contributed by atoms with Crippen LogP contribution >= 0.6 is 11.6 Å². The van der Waals surface area contributed by atoms with Gasteiger partial charge >= 0.3 is 0 Å². The maximum Gasteiger partial charge on any atom is 0.219 e. The highest BCUT2D eigenvalue weighted by molar-refractivity contribution is 6.16. The van der Waals surface area contributed by atoms with E-state index in [0.717, 1.165) is 11.3 Å². The molecule has 1 aliphatic carbocycles. The van der Waals surface area contributed by atoms with Gasteiger partial charge in [0, 0.05) is 6.08 Å². The molecule has 0 amide bonds. The molecular formula is C18H12ClNO. The van der Waals surface area contributed by atoms with E-state index in [4.69, 9.17) is 16.0 Å². The molecule has 3 heteroatoms.